The molecule has 16 heavy (non-hydrogen) atoms. The molecule has 3 nitrogen and oxygen atoms in total. The highest BCUT2D eigenvalue weighted by atomic mass is 32.2. The average molecular weight is 259 g/mol. The summed E-state index contributed by atoms with van der Waals surface area (Å²) in [5.41, 5.74) is 6.34. The van der Waals surface area contributed by atoms with Crippen molar-refractivity contribution in [3.05, 3.63) is 24.3 Å². The van der Waals surface area contributed by atoms with Crippen molar-refractivity contribution < 1.29 is 8.42 Å². The maximum atomic E-state index is 11.5. The van der Waals surface area contributed by atoms with Gasteiger partial charge in [0.05, 0.1) is 11.0 Å². The predicted molar refractivity (Wildman–Crippen MR) is 70.5 cm³/mol. The van der Waals surface area contributed by atoms with Gasteiger partial charge in [0.1, 0.15) is 0 Å². The highest BCUT2D eigenvalue weighted by Gasteiger charge is 2.15. The van der Waals surface area contributed by atoms with Crippen molar-refractivity contribution in [2.75, 3.05) is 17.2 Å². The molecule has 90 valence electrons. The molecule has 1 rings (SSSR count). The number of nitrogen functional groups attached to an aromatic ring is 1. The third-order valence-electron chi connectivity index (χ3n) is 2.21. The molecular formula is C11H17NO2S2. The molecule has 0 amide bonds. The van der Waals surface area contributed by atoms with E-state index < -0.39 is 9.84 Å². The Balaban J connectivity index is 2.48. The summed E-state index contributed by atoms with van der Waals surface area (Å²) in [4.78, 5) is 1.01. The van der Waals surface area contributed by atoms with Crippen LogP contribution in [0.25, 0.3) is 0 Å². The minimum Gasteiger partial charge on any atom is -0.399 e. The molecular weight excluding hydrogens is 242 g/mol. The SMILES string of the molecule is CC(C)S(=O)(=O)CCSc1cccc(N)c1. The van der Waals surface area contributed by atoms with Gasteiger partial charge in [-0.1, -0.05) is 6.07 Å². The van der Waals surface area contributed by atoms with Crippen LogP contribution in [0, 0.1) is 0 Å². The number of hydrogen-bond acceptors (Lipinski definition) is 4. The molecule has 0 spiro atoms. The first kappa shape index (κ1) is 13.4. The van der Waals surface area contributed by atoms with Gasteiger partial charge in [-0.2, -0.15) is 0 Å². The minimum absolute atomic E-state index is 0.212. The maximum Gasteiger partial charge on any atom is 0.153 e. The maximum absolute atomic E-state index is 11.5. The third kappa shape index (κ3) is 4.06. The molecule has 1 aromatic rings. The lowest BCUT2D eigenvalue weighted by Gasteiger charge is -2.07. The molecule has 0 bridgehead atoms. The van der Waals surface area contributed by atoms with Crippen molar-refractivity contribution in [3.63, 3.8) is 0 Å². The molecule has 0 aliphatic rings. The Hall–Kier alpha value is -0.680. The van der Waals surface area contributed by atoms with Gasteiger partial charge in [0.15, 0.2) is 9.84 Å². The monoisotopic (exact) mass is 259 g/mol. The van der Waals surface area contributed by atoms with E-state index in [0.717, 1.165) is 4.90 Å². The first-order valence-corrected chi connectivity index (χ1v) is 7.82. The predicted octanol–water partition coefficient (Wildman–Crippen LogP) is 2.18. The fraction of sp³-hybridized carbons (Fsp3) is 0.455. The second-order valence-electron chi connectivity index (χ2n) is 3.84. The Labute approximate surface area is 101 Å². The molecule has 0 saturated carbocycles. The van der Waals surface area contributed by atoms with Gasteiger partial charge in [-0.15, -0.1) is 11.8 Å². The molecule has 0 fully saturated rings. The molecule has 1 aromatic carbocycles. The van der Waals surface area contributed by atoms with Gasteiger partial charge in [-0.25, -0.2) is 8.42 Å². The van der Waals surface area contributed by atoms with E-state index in [1.54, 1.807) is 13.8 Å². The highest BCUT2D eigenvalue weighted by Crippen LogP contribution is 2.20. The van der Waals surface area contributed by atoms with Crippen molar-refractivity contribution in [3.8, 4) is 0 Å². The molecule has 0 aliphatic heterocycles. The van der Waals surface area contributed by atoms with Gasteiger partial charge in [0.2, 0.25) is 0 Å². The second kappa shape index (κ2) is 5.59. The van der Waals surface area contributed by atoms with Crippen LogP contribution in [0.5, 0.6) is 0 Å². The summed E-state index contributed by atoms with van der Waals surface area (Å²) in [5, 5.41) is -0.297. The molecule has 0 aliphatic carbocycles. The Morgan fingerprint density at radius 1 is 1.38 bits per heavy atom. The topological polar surface area (TPSA) is 60.2 Å². The van der Waals surface area contributed by atoms with Crippen molar-refractivity contribution in [2.45, 2.75) is 24.0 Å². The highest BCUT2D eigenvalue weighted by molar-refractivity contribution is 8.00. The zero-order valence-corrected chi connectivity index (χ0v) is 11.1. The van der Waals surface area contributed by atoms with Gasteiger partial charge >= 0.3 is 0 Å². The number of sulfone groups is 1. The summed E-state index contributed by atoms with van der Waals surface area (Å²) < 4.78 is 23.1. The quantitative estimate of drug-likeness (QED) is 0.650. The normalized spacial score (nSPS) is 11.9. The van der Waals surface area contributed by atoms with E-state index in [9.17, 15) is 8.42 Å². The number of anilines is 1. The van der Waals surface area contributed by atoms with Crippen LogP contribution in [-0.4, -0.2) is 25.2 Å². The van der Waals surface area contributed by atoms with Crippen LogP contribution in [0.4, 0.5) is 5.69 Å². The van der Waals surface area contributed by atoms with Crippen LogP contribution in [0.2, 0.25) is 0 Å². The molecule has 2 N–H and O–H groups in total. The summed E-state index contributed by atoms with van der Waals surface area (Å²) in [6.45, 7) is 3.42. The van der Waals surface area contributed by atoms with E-state index >= 15 is 0 Å². The van der Waals surface area contributed by atoms with E-state index in [0.29, 0.717) is 11.4 Å². The van der Waals surface area contributed by atoms with Crippen LogP contribution < -0.4 is 5.73 Å². The van der Waals surface area contributed by atoms with Crippen molar-refractivity contribution in [2.24, 2.45) is 0 Å². The van der Waals surface area contributed by atoms with Gasteiger partial charge < -0.3 is 5.73 Å². The average Bonchev–Trinajstić information content (AvgIpc) is 2.17. The third-order valence-corrected chi connectivity index (χ3v) is 5.68. The first-order chi connectivity index (χ1) is 7.42. The summed E-state index contributed by atoms with van der Waals surface area (Å²) in [5.74, 6) is 0.786. The molecule has 0 unspecified atom stereocenters. The lowest BCUT2D eigenvalue weighted by molar-refractivity contribution is 0.589. The molecule has 0 heterocycles. The summed E-state index contributed by atoms with van der Waals surface area (Å²) in [6.07, 6.45) is 0. The van der Waals surface area contributed by atoms with Crippen LogP contribution in [0.1, 0.15) is 13.8 Å². The van der Waals surface area contributed by atoms with Crippen LogP contribution in [-0.2, 0) is 9.84 Å². The van der Waals surface area contributed by atoms with Crippen LogP contribution >= 0.6 is 11.8 Å². The lowest BCUT2D eigenvalue weighted by Crippen LogP contribution is -2.18. The molecule has 0 radical (unpaired) electrons. The molecule has 0 aromatic heterocycles. The minimum atomic E-state index is -2.93. The number of rotatable bonds is 5. The molecule has 5 heteroatoms. The van der Waals surface area contributed by atoms with E-state index in [1.807, 2.05) is 24.3 Å². The zero-order valence-electron chi connectivity index (χ0n) is 9.51. The standard InChI is InChI=1S/C11H17NO2S2/c1-9(2)16(13,14)7-6-15-11-5-3-4-10(12)8-11/h3-5,8-9H,6-7,12H2,1-2H3. The van der Waals surface area contributed by atoms with E-state index in [4.69, 9.17) is 5.73 Å². The second-order valence-corrected chi connectivity index (χ2v) is 7.68. The molecule has 0 atom stereocenters. The fourth-order valence-corrected chi connectivity index (χ4v) is 3.48. The smallest absolute Gasteiger partial charge is 0.153 e. The fourth-order valence-electron chi connectivity index (χ4n) is 1.12. The van der Waals surface area contributed by atoms with Crippen molar-refractivity contribution in [1.29, 1.82) is 0 Å². The van der Waals surface area contributed by atoms with Gasteiger partial charge in [-0.3, -0.25) is 0 Å². The number of thioether (sulfide) groups is 1. The van der Waals surface area contributed by atoms with Crippen molar-refractivity contribution >= 4 is 27.3 Å². The Morgan fingerprint density at radius 2 is 2.06 bits per heavy atom. The van der Waals surface area contributed by atoms with E-state index in [-0.39, 0.29) is 11.0 Å². The van der Waals surface area contributed by atoms with Gasteiger partial charge in [-0.05, 0) is 32.0 Å². The summed E-state index contributed by atoms with van der Waals surface area (Å²) in [7, 11) is -2.93. The van der Waals surface area contributed by atoms with E-state index in [1.165, 1.54) is 11.8 Å². The zero-order chi connectivity index (χ0) is 12.2. The molecule has 0 saturated heterocycles. The largest absolute Gasteiger partial charge is 0.399 e. The van der Waals surface area contributed by atoms with Crippen molar-refractivity contribution in [1.82, 2.24) is 0 Å². The van der Waals surface area contributed by atoms with E-state index in [2.05, 4.69) is 0 Å². The lowest BCUT2D eigenvalue weighted by atomic mass is 10.3. The number of hydrogen-bond donors (Lipinski definition) is 1. The number of nitrogens with two attached hydrogens (primary N) is 1. The summed E-state index contributed by atoms with van der Waals surface area (Å²) >= 11 is 1.52. The number of benzene rings is 1. The summed E-state index contributed by atoms with van der Waals surface area (Å²) in [6, 6.07) is 7.47. The first-order valence-electron chi connectivity index (χ1n) is 5.12. The van der Waals surface area contributed by atoms with Gasteiger partial charge in [0, 0.05) is 16.3 Å². The van der Waals surface area contributed by atoms with Gasteiger partial charge in [0.25, 0.3) is 0 Å². The Morgan fingerprint density at radius 3 is 2.62 bits per heavy atom. The Bertz CT molecular complexity index is 441. The van der Waals surface area contributed by atoms with Crippen LogP contribution in [0.3, 0.4) is 0 Å². The van der Waals surface area contributed by atoms with Crippen LogP contribution in [0.15, 0.2) is 29.2 Å². The Kier molecular flexibility index (Phi) is 4.68.